The van der Waals surface area contributed by atoms with Crippen LogP contribution in [0.3, 0.4) is 0 Å². The van der Waals surface area contributed by atoms with Gasteiger partial charge in [0.1, 0.15) is 5.82 Å². The molecular weight excluding hydrogens is 324 g/mol. The molecule has 1 atom stereocenters. The Morgan fingerprint density at radius 1 is 1.08 bits per heavy atom. The van der Waals surface area contributed by atoms with E-state index >= 15 is 0 Å². The van der Waals surface area contributed by atoms with Crippen LogP contribution in [0.15, 0.2) is 61.1 Å². The summed E-state index contributed by atoms with van der Waals surface area (Å²) in [6.07, 6.45) is 5.20. The molecule has 0 aliphatic carbocycles. The van der Waals surface area contributed by atoms with Crippen LogP contribution in [0.2, 0.25) is 0 Å². The fourth-order valence-electron chi connectivity index (χ4n) is 2.99. The van der Waals surface area contributed by atoms with Gasteiger partial charge in [-0.1, -0.05) is 32.0 Å². The van der Waals surface area contributed by atoms with Crippen LogP contribution in [0, 0.1) is 12.8 Å². The highest BCUT2D eigenvalue weighted by Gasteiger charge is 2.24. The Morgan fingerprint density at radius 2 is 1.92 bits per heavy atom. The van der Waals surface area contributed by atoms with E-state index in [-0.39, 0.29) is 17.7 Å². The topological polar surface area (TPSA) is 67.8 Å². The number of hydrogen-bond acceptors (Lipinski definition) is 4. The molecule has 0 unspecified atom stereocenters. The lowest BCUT2D eigenvalue weighted by molar-refractivity contribution is -0.118. The van der Waals surface area contributed by atoms with Gasteiger partial charge in [-0.25, -0.2) is 9.97 Å². The fraction of sp³-hybridized carbons (Fsp3) is 0.238. The second-order valence-corrected chi connectivity index (χ2v) is 6.57. The lowest BCUT2D eigenvalue weighted by atomic mass is 9.88. The zero-order chi connectivity index (χ0) is 18.5. The first-order chi connectivity index (χ1) is 12.5. The highest BCUT2D eigenvalue weighted by atomic mass is 16.1. The van der Waals surface area contributed by atoms with E-state index in [0.29, 0.717) is 5.82 Å². The largest absolute Gasteiger partial charge is 0.326 e. The summed E-state index contributed by atoms with van der Waals surface area (Å²) >= 11 is 0. The van der Waals surface area contributed by atoms with Gasteiger partial charge in [0, 0.05) is 29.8 Å². The number of hydrogen-bond donors (Lipinski definition) is 1. The number of pyridine rings is 1. The van der Waals surface area contributed by atoms with Gasteiger partial charge < -0.3 is 5.32 Å². The molecule has 0 aliphatic rings. The Bertz CT molecular complexity index is 893. The molecule has 0 aliphatic heterocycles. The maximum absolute atomic E-state index is 12.9. The van der Waals surface area contributed by atoms with Crippen molar-refractivity contribution < 1.29 is 4.79 Å². The third-order valence-corrected chi connectivity index (χ3v) is 4.19. The third kappa shape index (κ3) is 4.11. The molecular formula is C21H22N4O. The molecule has 0 saturated heterocycles. The van der Waals surface area contributed by atoms with E-state index in [2.05, 4.69) is 20.3 Å². The Balaban J connectivity index is 1.84. The summed E-state index contributed by atoms with van der Waals surface area (Å²) in [5.74, 6) is 0.581. The van der Waals surface area contributed by atoms with Crippen LogP contribution in [-0.4, -0.2) is 20.9 Å². The third-order valence-electron chi connectivity index (χ3n) is 4.19. The van der Waals surface area contributed by atoms with Crippen molar-refractivity contribution >= 4 is 11.6 Å². The zero-order valence-electron chi connectivity index (χ0n) is 15.2. The van der Waals surface area contributed by atoms with Crippen LogP contribution in [0.25, 0.3) is 11.3 Å². The summed E-state index contributed by atoms with van der Waals surface area (Å²) in [5.41, 5.74) is 3.44. The summed E-state index contributed by atoms with van der Waals surface area (Å²) in [5, 5.41) is 3.04. The first-order valence-electron chi connectivity index (χ1n) is 8.65. The molecule has 3 aromatic rings. The van der Waals surface area contributed by atoms with Gasteiger partial charge in [0.2, 0.25) is 5.91 Å². The van der Waals surface area contributed by atoms with Crippen LogP contribution in [0.4, 0.5) is 5.69 Å². The Labute approximate surface area is 153 Å². The standard InChI is InChI=1S/C21H22N4O/c1-14(2)20(17-7-5-10-22-13-17)21(26)25-18-8-4-6-16(12-18)19-9-11-23-15(3)24-19/h4-14,20H,1-3H3,(H,25,26)/t20-/m1/s1. The van der Waals surface area contributed by atoms with Gasteiger partial charge >= 0.3 is 0 Å². The Morgan fingerprint density at radius 3 is 2.62 bits per heavy atom. The molecule has 26 heavy (non-hydrogen) atoms. The zero-order valence-corrected chi connectivity index (χ0v) is 15.2. The molecule has 2 heterocycles. The number of carbonyl (C=O) groups is 1. The summed E-state index contributed by atoms with van der Waals surface area (Å²) < 4.78 is 0. The molecule has 1 N–H and O–H groups in total. The minimum atomic E-state index is -0.256. The quantitative estimate of drug-likeness (QED) is 0.751. The highest BCUT2D eigenvalue weighted by molar-refractivity contribution is 5.96. The number of rotatable bonds is 5. The van der Waals surface area contributed by atoms with E-state index in [1.54, 1.807) is 18.6 Å². The first kappa shape index (κ1) is 17.7. The van der Waals surface area contributed by atoms with Gasteiger partial charge in [-0.3, -0.25) is 9.78 Å². The fourth-order valence-corrected chi connectivity index (χ4v) is 2.99. The maximum atomic E-state index is 12.9. The minimum absolute atomic E-state index is 0.0379. The van der Waals surface area contributed by atoms with E-state index in [1.807, 2.05) is 63.2 Å². The average molecular weight is 346 g/mol. The number of aryl methyl sites for hydroxylation is 1. The van der Waals surface area contributed by atoms with Crippen molar-refractivity contribution in [3.8, 4) is 11.3 Å². The first-order valence-corrected chi connectivity index (χ1v) is 8.65. The van der Waals surface area contributed by atoms with Crippen LogP contribution < -0.4 is 5.32 Å². The number of aromatic nitrogens is 3. The van der Waals surface area contributed by atoms with Crippen molar-refractivity contribution in [2.24, 2.45) is 5.92 Å². The summed E-state index contributed by atoms with van der Waals surface area (Å²) in [6.45, 7) is 5.94. The SMILES string of the molecule is Cc1nccc(-c2cccc(NC(=O)[C@@H](c3cccnc3)C(C)C)c2)n1. The van der Waals surface area contributed by atoms with E-state index in [1.165, 1.54) is 0 Å². The van der Waals surface area contributed by atoms with Crippen molar-refractivity contribution in [2.75, 3.05) is 5.32 Å². The van der Waals surface area contributed by atoms with E-state index in [0.717, 1.165) is 22.5 Å². The number of nitrogens with zero attached hydrogens (tertiary/aromatic N) is 3. The Kier molecular flexibility index (Phi) is 5.37. The molecule has 3 rings (SSSR count). The molecule has 5 nitrogen and oxygen atoms in total. The lowest BCUT2D eigenvalue weighted by Gasteiger charge is -2.20. The molecule has 0 fully saturated rings. The van der Waals surface area contributed by atoms with Gasteiger partial charge in [0.25, 0.3) is 0 Å². The molecule has 0 radical (unpaired) electrons. The van der Waals surface area contributed by atoms with Gasteiger partial charge in [0.15, 0.2) is 0 Å². The lowest BCUT2D eigenvalue weighted by Crippen LogP contribution is -2.25. The maximum Gasteiger partial charge on any atom is 0.232 e. The number of anilines is 1. The monoisotopic (exact) mass is 346 g/mol. The number of carbonyl (C=O) groups excluding carboxylic acids is 1. The molecule has 0 bridgehead atoms. The van der Waals surface area contributed by atoms with Gasteiger partial charge in [-0.2, -0.15) is 0 Å². The van der Waals surface area contributed by atoms with E-state index < -0.39 is 0 Å². The van der Waals surface area contributed by atoms with Crippen molar-refractivity contribution in [3.05, 3.63) is 72.4 Å². The van der Waals surface area contributed by atoms with Gasteiger partial charge in [0.05, 0.1) is 11.6 Å². The predicted molar refractivity (Wildman–Crippen MR) is 103 cm³/mol. The van der Waals surface area contributed by atoms with Crippen molar-refractivity contribution in [2.45, 2.75) is 26.7 Å². The number of amides is 1. The summed E-state index contributed by atoms with van der Waals surface area (Å²) in [4.78, 5) is 25.6. The number of benzene rings is 1. The van der Waals surface area contributed by atoms with Gasteiger partial charge in [-0.05, 0) is 42.7 Å². The van der Waals surface area contributed by atoms with Crippen molar-refractivity contribution in [3.63, 3.8) is 0 Å². The minimum Gasteiger partial charge on any atom is -0.326 e. The summed E-state index contributed by atoms with van der Waals surface area (Å²) in [6, 6.07) is 13.4. The smallest absolute Gasteiger partial charge is 0.232 e. The van der Waals surface area contributed by atoms with Crippen LogP contribution in [0.5, 0.6) is 0 Å². The highest BCUT2D eigenvalue weighted by Crippen LogP contribution is 2.27. The summed E-state index contributed by atoms with van der Waals surface area (Å²) in [7, 11) is 0. The predicted octanol–water partition coefficient (Wildman–Crippen LogP) is 4.23. The van der Waals surface area contributed by atoms with Crippen LogP contribution in [-0.2, 0) is 4.79 Å². The van der Waals surface area contributed by atoms with Gasteiger partial charge in [-0.15, -0.1) is 0 Å². The van der Waals surface area contributed by atoms with Crippen LogP contribution in [0.1, 0.15) is 31.2 Å². The van der Waals surface area contributed by atoms with Crippen molar-refractivity contribution in [1.29, 1.82) is 0 Å². The molecule has 2 aromatic heterocycles. The van der Waals surface area contributed by atoms with Crippen LogP contribution >= 0.6 is 0 Å². The van der Waals surface area contributed by atoms with E-state index in [9.17, 15) is 4.79 Å². The number of nitrogens with one attached hydrogen (secondary N) is 1. The normalized spacial score (nSPS) is 12.0. The van der Waals surface area contributed by atoms with E-state index in [4.69, 9.17) is 0 Å². The molecule has 132 valence electrons. The molecule has 0 spiro atoms. The Hall–Kier alpha value is -3.08. The van der Waals surface area contributed by atoms with Crippen molar-refractivity contribution in [1.82, 2.24) is 15.0 Å². The molecule has 1 aromatic carbocycles. The molecule has 1 amide bonds. The molecule has 5 heteroatoms. The second kappa shape index (κ2) is 7.87. The molecule has 0 saturated carbocycles. The second-order valence-electron chi connectivity index (χ2n) is 6.57. The average Bonchev–Trinajstić information content (AvgIpc) is 2.62.